The Hall–Kier alpha value is 0.154. The van der Waals surface area contributed by atoms with Crippen molar-refractivity contribution in [3.63, 3.8) is 0 Å². The smallest absolute Gasteiger partial charge is 0.0647 e. The summed E-state index contributed by atoms with van der Waals surface area (Å²) < 4.78 is 0. The summed E-state index contributed by atoms with van der Waals surface area (Å²) in [5, 5.41) is 8.46. The van der Waals surface area contributed by atoms with Gasteiger partial charge in [0.05, 0.1) is 6.61 Å². The third kappa shape index (κ3) is 3.69. The van der Waals surface area contributed by atoms with Crippen LogP contribution in [0.4, 0.5) is 0 Å². The predicted molar refractivity (Wildman–Crippen MR) is 35.3 cm³/mol. The molecule has 9 heavy (non-hydrogen) atoms. The number of aliphatic hydroxyl groups is 1. The third-order valence-electron chi connectivity index (χ3n) is 1.05. The quantitative estimate of drug-likeness (QED) is 0.451. The summed E-state index contributed by atoms with van der Waals surface area (Å²) in [6.45, 7) is 0.215. The van der Waals surface area contributed by atoms with Gasteiger partial charge in [-0.3, -0.25) is 0 Å². The number of allylic oxidation sites excluding steroid dienone is 3. The van der Waals surface area contributed by atoms with Crippen molar-refractivity contribution in [2.24, 2.45) is 0 Å². The molecule has 50 valence electrons. The van der Waals surface area contributed by atoms with Gasteiger partial charge in [-0.05, 0) is 12.0 Å². The van der Waals surface area contributed by atoms with Crippen LogP contribution in [0.2, 0.25) is 0 Å². The maximum atomic E-state index is 8.46. The Morgan fingerprint density at radius 1 is 1.56 bits per heavy atom. The van der Waals surface area contributed by atoms with Gasteiger partial charge in [0.15, 0.2) is 0 Å². The molecule has 0 saturated heterocycles. The van der Waals surface area contributed by atoms with Crippen molar-refractivity contribution in [3.8, 4) is 0 Å². The van der Waals surface area contributed by atoms with Crippen molar-refractivity contribution in [1.29, 1.82) is 0 Å². The summed E-state index contributed by atoms with van der Waals surface area (Å²) in [6.07, 6.45) is 6.88. The fraction of sp³-hybridized carbons (Fsp3) is 0.286. The van der Waals surface area contributed by atoms with E-state index < -0.39 is 0 Å². The second-order valence-electron chi connectivity index (χ2n) is 1.62. The van der Waals surface area contributed by atoms with Gasteiger partial charge in [-0.25, -0.2) is 0 Å². The van der Waals surface area contributed by atoms with E-state index in [1.165, 1.54) is 0 Å². The molecular weight excluding hydrogens is 148 g/mol. The number of hydrogen-bond acceptors (Lipinski definition) is 1. The number of rotatable bonds is 1. The van der Waals surface area contributed by atoms with E-state index in [1.807, 2.05) is 18.2 Å². The van der Waals surface area contributed by atoms with Crippen molar-refractivity contribution in [1.82, 2.24) is 0 Å². The Kier molecular flexibility index (Phi) is 8.29. The molecule has 0 saturated carbocycles. The molecule has 1 rings (SSSR count). The first-order chi connectivity index (χ1) is 3.43. The zero-order valence-corrected chi connectivity index (χ0v) is 7.16. The number of hydrogen-bond donors (Lipinski definition) is 1. The summed E-state index contributed by atoms with van der Waals surface area (Å²) in [4.78, 5) is 0. The normalized spacial score (nSPS) is 13.7. The molecule has 2 heteroatoms. The van der Waals surface area contributed by atoms with Gasteiger partial charge in [-0.15, -0.1) is 0 Å². The second kappa shape index (κ2) is 6.28. The molecule has 0 spiro atoms. The van der Waals surface area contributed by atoms with Crippen LogP contribution in [0.5, 0.6) is 0 Å². The van der Waals surface area contributed by atoms with E-state index in [0.717, 1.165) is 12.0 Å². The Labute approximate surface area is 71.4 Å². The first kappa shape index (κ1) is 11.9. The molecule has 0 fully saturated rings. The molecule has 0 unspecified atom stereocenters. The van der Waals surface area contributed by atoms with Gasteiger partial charge < -0.3 is 12.5 Å². The van der Waals surface area contributed by atoms with Crippen LogP contribution >= 0.6 is 0 Å². The molecule has 0 aromatic rings. The summed E-state index contributed by atoms with van der Waals surface area (Å²) in [5.41, 5.74) is 1.11. The summed E-state index contributed by atoms with van der Waals surface area (Å²) in [6, 6.07) is 0. The Morgan fingerprint density at radius 3 is 2.44 bits per heavy atom. The summed E-state index contributed by atoms with van der Waals surface area (Å²) in [5.74, 6) is 0. The molecule has 0 amide bonds. The maximum absolute atomic E-state index is 8.46. The molecule has 1 N–H and O–H groups in total. The summed E-state index contributed by atoms with van der Waals surface area (Å²) >= 11 is 0. The molecule has 1 aliphatic carbocycles. The van der Waals surface area contributed by atoms with Crippen LogP contribution in [-0.2, 0) is 21.7 Å². The predicted octanol–water partition coefficient (Wildman–Crippen LogP) is 1.31. The zero-order valence-electron chi connectivity index (χ0n) is 5.59. The largest absolute Gasteiger partial charge is 0.392 e. The van der Waals surface area contributed by atoms with Crippen LogP contribution in [0.25, 0.3) is 0 Å². The van der Waals surface area contributed by atoms with Gasteiger partial charge in [0.1, 0.15) is 0 Å². The Bertz CT molecular complexity index is 116. The van der Waals surface area contributed by atoms with E-state index in [0.29, 0.717) is 0 Å². The molecule has 0 aromatic heterocycles. The van der Waals surface area contributed by atoms with E-state index in [1.54, 1.807) is 0 Å². The van der Waals surface area contributed by atoms with Crippen molar-refractivity contribution >= 4 is 0 Å². The van der Waals surface area contributed by atoms with Crippen molar-refractivity contribution < 1.29 is 26.8 Å². The van der Waals surface area contributed by atoms with Gasteiger partial charge in [-0.2, -0.15) is 0 Å². The molecule has 1 aliphatic rings. The minimum Gasteiger partial charge on any atom is -0.392 e. The molecule has 0 aromatic carbocycles. The average Bonchev–Trinajstić information content (AvgIpc) is 2.14. The van der Waals surface area contributed by atoms with Gasteiger partial charge in [0.2, 0.25) is 0 Å². The molecular formula is C7H11OTi-. The van der Waals surface area contributed by atoms with E-state index in [2.05, 4.69) is 0 Å². The zero-order chi connectivity index (χ0) is 5.11. The fourth-order valence-corrected chi connectivity index (χ4v) is 0.609. The molecule has 0 heterocycles. The molecule has 0 aliphatic heterocycles. The van der Waals surface area contributed by atoms with Crippen LogP contribution in [0.3, 0.4) is 0 Å². The van der Waals surface area contributed by atoms with Gasteiger partial charge in [-0.1, -0.05) is 18.2 Å². The second-order valence-corrected chi connectivity index (χ2v) is 1.62. The van der Waals surface area contributed by atoms with E-state index in [4.69, 9.17) is 5.11 Å². The molecule has 1 nitrogen and oxygen atoms in total. The SMILES string of the molecule is OCC1=CC=CC1.[CH3-].[Ti]. The monoisotopic (exact) mass is 159 g/mol. The van der Waals surface area contributed by atoms with E-state index in [-0.39, 0.29) is 35.8 Å². The van der Waals surface area contributed by atoms with Crippen LogP contribution < -0.4 is 0 Å². The van der Waals surface area contributed by atoms with Crippen molar-refractivity contribution in [3.05, 3.63) is 31.2 Å². The third-order valence-corrected chi connectivity index (χ3v) is 1.05. The number of aliphatic hydroxyl groups excluding tert-OH is 1. The first-order valence-corrected chi connectivity index (χ1v) is 2.39. The Morgan fingerprint density at radius 2 is 2.22 bits per heavy atom. The molecule has 0 atom stereocenters. The van der Waals surface area contributed by atoms with Crippen LogP contribution in [0.15, 0.2) is 23.8 Å². The van der Waals surface area contributed by atoms with Gasteiger partial charge in [0, 0.05) is 21.7 Å². The van der Waals surface area contributed by atoms with Crippen molar-refractivity contribution in [2.45, 2.75) is 6.42 Å². The minimum atomic E-state index is 0. The van der Waals surface area contributed by atoms with Crippen LogP contribution in [-0.4, -0.2) is 11.7 Å². The van der Waals surface area contributed by atoms with E-state index in [9.17, 15) is 0 Å². The minimum absolute atomic E-state index is 0. The standard InChI is InChI=1S/C6H8O.CH3.Ti/c7-5-6-3-1-2-4-6;;/h1-3,7H,4-5H2;1H3;/q;-1;. The Balaban J connectivity index is 0. The van der Waals surface area contributed by atoms with E-state index >= 15 is 0 Å². The molecule has 0 radical (unpaired) electrons. The topological polar surface area (TPSA) is 20.2 Å². The van der Waals surface area contributed by atoms with Crippen LogP contribution in [0.1, 0.15) is 6.42 Å². The summed E-state index contributed by atoms with van der Waals surface area (Å²) in [7, 11) is 0. The first-order valence-electron chi connectivity index (χ1n) is 2.39. The maximum Gasteiger partial charge on any atom is 0.0647 e. The molecule has 0 bridgehead atoms. The van der Waals surface area contributed by atoms with Crippen LogP contribution in [0, 0.1) is 7.43 Å². The van der Waals surface area contributed by atoms with Crippen molar-refractivity contribution in [2.75, 3.05) is 6.61 Å². The van der Waals surface area contributed by atoms with Gasteiger partial charge >= 0.3 is 0 Å². The van der Waals surface area contributed by atoms with Gasteiger partial charge in [0.25, 0.3) is 0 Å². The fourth-order valence-electron chi connectivity index (χ4n) is 0.609. The average molecular weight is 159 g/mol.